The van der Waals surface area contributed by atoms with E-state index < -0.39 is 5.38 Å². The molecule has 0 aliphatic rings. The van der Waals surface area contributed by atoms with Crippen molar-refractivity contribution < 1.29 is 9.53 Å². The Bertz CT molecular complexity index is 279. The largest absolute Gasteiger partial charge is 0.465 e. The van der Waals surface area contributed by atoms with E-state index in [0.717, 1.165) is 12.8 Å². The minimum atomic E-state index is -0.522. The molecule has 0 fully saturated rings. The molecule has 0 heterocycles. The van der Waals surface area contributed by atoms with Crippen LogP contribution >= 0.6 is 11.6 Å². The van der Waals surface area contributed by atoms with Crippen molar-refractivity contribution in [1.29, 1.82) is 0 Å². The molecule has 0 rings (SSSR count). The zero-order valence-electron chi connectivity index (χ0n) is 17.0. The van der Waals surface area contributed by atoms with Crippen molar-refractivity contribution in [3.8, 4) is 0 Å². The lowest BCUT2D eigenvalue weighted by Gasteiger charge is -2.06. The molecular formula is C22H43ClO2. The lowest BCUT2D eigenvalue weighted by molar-refractivity contribution is -0.142. The number of alkyl halides is 1. The van der Waals surface area contributed by atoms with Crippen molar-refractivity contribution in [3.63, 3.8) is 0 Å². The van der Waals surface area contributed by atoms with Gasteiger partial charge in [0.05, 0.1) is 6.61 Å². The third-order valence-electron chi connectivity index (χ3n) is 4.82. The molecule has 3 heteroatoms. The maximum atomic E-state index is 11.2. The van der Waals surface area contributed by atoms with Gasteiger partial charge in [-0.05, 0) is 13.3 Å². The Morgan fingerprint density at radius 1 is 0.680 bits per heavy atom. The average Bonchev–Trinajstić information content (AvgIpc) is 2.60. The van der Waals surface area contributed by atoms with Crippen LogP contribution in [0, 0.1) is 0 Å². The summed E-state index contributed by atoms with van der Waals surface area (Å²) < 4.78 is 5.06. The van der Waals surface area contributed by atoms with E-state index in [1.54, 1.807) is 6.92 Å². The highest BCUT2D eigenvalue weighted by atomic mass is 35.5. The fourth-order valence-corrected chi connectivity index (χ4v) is 3.18. The summed E-state index contributed by atoms with van der Waals surface area (Å²) in [7, 11) is 0. The number of esters is 1. The molecule has 0 aromatic heterocycles. The van der Waals surface area contributed by atoms with Crippen molar-refractivity contribution >= 4 is 17.6 Å². The van der Waals surface area contributed by atoms with Crippen LogP contribution in [0.1, 0.15) is 123 Å². The Kier molecular flexibility index (Phi) is 19.9. The monoisotopic (exact) mass is 374 g/mol. The first-order chi connectivity index (χ1) is 12.2. The van der Waals surface area contributed by atoms with E-state index in [2.05, 4.69) is 6.92 Å². The van der Waals surface area contributed by atoms with Crippen LogP contribution in [0.5, 0.6) is 0 Å². The molecule has 0 N–H and O–H groups in total. The molecule has 1 unspecified atom stereocenters. The molecule has 0 spiro atoms. The number of hydrogen-bond acceptors (Lipinski definition) is 2. The molecule has 2 nitrogen and oxygen atoms in total. The summed E-state index contributed by atoms with van der Waals surface area (Å²) in [6.07, 6.45) is 23.1. The lowest BCUT2D eigenvalue weighted by Crippen LogP contribution is -2.14. The van der Waals surface area contributed by atoms with Gasteiger partial charge in [-0.1, -0.05) is 110 Å². The molecule has 25 heavy (non-hydrogen) atoms. The fourth-order valence-electron chi connectivity index (χ4n) is 3.11. The quantitative estimate of drug-likeness (QED) is 0.131. The van der Waals surface area contributed by atoms with Gasteiger partial charge in [0.25, 0.3) is 0 Å². The van der Waals surface area contributed by atoms with Gasteiger partial charge in [-0.25, -0.2) is 0 Å². The summed E-state index contributed by atoms with van der Waals surface area (Å²) in [5.41, 5.74) is 0. The van der Waals surface area contributed by atoms with E-state index >= 15 is 0 Å². The maximum absolute atomic E-state index is 11.2. The van der Waals surface area contributed by atoms with Crippen molar-refractivity contribution in [2.24, 2.45) is 0 Å². The highest BCUT2D eigenvalue weighted by Crippen LogP contribution is 2.14. The van der Waals surface area contributed by atoms with Crippen LogP contribution in [-0.4, -0.2) is 18.0 Å². The topological polar surface area (TPSA) is 26.3 Å². The van der Waals surface area contributed by atoms with Gasteiger partial charge in [-0.15, -0.1) is 11.6 Å². The van der Waals surface area contributed by atoms with Gasteiger partial charge in [0, 0.05) is 0 Å². The highest BCUT2D eigenvalue weighted by Gasteiger charge is 2.09. The first kappa shape index (κ1) is 24.8. The average molecular weight is 375 g/mol. The number of rotatable bonds is 19. The van der Waals surface area contributed by atoms with E-state index in [-0.39, 0.29) is 5.97 Å². The van der Waals surface area contributed by atoms with E-state index in [4.69, 9.17) is 16.3 Å². The summed E-state index contributed by atoms with van der Waals surface area (Å²) >= 11 is 5.64. The summed E-state index contributed by atoms with van der Waals surface area (Å²) in [6, 6.07) is 0. The predicted octanol–water partition coefficient (Wildman–Crippen LogP) is 7.81. The van der Waals surface area contributed by atoms with Crippen molar-refractivity contribution in [1.82, 2.24) is 0 Å². The predicted molar refractivity (Wildman–Crippen MR) is 110 cm³/mol. The summed E-state index contributed by atoms with van der Waals surface area (Å²) in [5.74, 6) is -0.293. The van der Waals surface area contributed by atoms with E-state index in [0.29, 0.717) is 6.61 Å². The second-order valence-electron chi connectivity index (χ2n) is 7.44. The molecule has 0 aliphatic carbocycles. The lowest BCUT2D eigenvalue weighted by atomic mass is 10.0. The third kappa shape index (κ3) is 19.9. The minimum absolute atomic E-state index is 0.293. The van der Waals surface area contributed by atoms with E-state index in [9.17, 15) is 4.79 Å². The normalized spacial score (nSPS) is 12.3. The van der Waals surface area contributed by atoms with Crippen LogP contribution < -0.4 is 0 Å². The Labute approximate surface area is 162 Å². The van der Waals surface area contributed by atoms with Gasteiger partial charge >= 0.3 is 5.97 Å². The zero-order chi connectivity index (χ0) is 18.6. The molecule has 0 saturated carbocycles. The molecule has 1 atom stereocenters. The second-order valence-corrected chi connectivity index (χ2v) is 8.10. The summed E-state index contributed by atoms with van der Waals surface area (Å²) in [6.45, 7) is 4.45. The number of halogens is 1. The van der Waals surface area contributed by atoms with Crippen LogP contribution in [0.4, 0.5) is 0 Å². The molecule has 0 radical (unpaired) electrons. The molecular weight excluding hydrogens is 332 g/mol. The smallest absolute Gasteiger partial charge is 0.323 e. The Balaban J connectivity index is 3.04. The Hall–Kier alpha value is -0.240. The molecule has 0 amide bonds. The minimum Gasteiger partial charge on any atom is -0.465 e. The Morgan fingerprint density at radius 3 is 1.32 bits per heavy atom. The maximum Gasteiger partial charge on any atom is 0.323 e. The molecule has 0 bridgehead atoms. The van der Waals surface area contributed by atoms with Gasteiger partial charge in [0.15, 0.2) is 0 Å². The van der Waals surface area contributed by atoms with E-state index in [1.165, 1.54) is 96.3 Å². The second kappa shape index (κ2) is 20.1. The molecule has 0 saturated heterocycles. The van der Waals surface area contributed by atoms with Crippen molar-refractivity contribution in [3.05, 3.63) is 0 Å². The van der Waals surface area contributed by atoms with Crippen molar-refractivity contribution in [2.75, 3.05) is 6.61 Å². The third-order valence-corrected chi connectivity index (χ3v) is 5.00. The molecule has 0 aromatic rings. The van der Waals surface area contributed by atoms with Gasteiger partial charge in [-0.2, -0.15) is 0 Å². The Morgan fingerprint density at radius 2 is 1.00 bits per heavy atom. The van der Waals surface area contributed by atoms with Gasteiger partial charge < -0.3 is 4.74 Å². The summed E-state index contributed by atoms with van der Waals surface area (Å²) in [5, 5.41) is -0.522. The molecule has 150 valence electrons. The molecule has 0 aliphatic heterocycles. The van der Waals surface area contributed by atoms with E-state index in [1.807, 2.05) is 0 Å². The molecule has 0 aromatic carbocycles. The summed E-state index contributed by atoms with van der Waals surface area (Å²) in [4.78, 5) is 11.2. The van der Waals surface area contributed by atoms with Crippen LogP contribution in [0.3, 0.4) is 0 Å². The van der Waals surface area contributed by atoms with Gasteiger partial charge in [-0.3, -0.25) is 4.79 Å². The number of ether oxygens (including phenoxy) is 1. The van der Waals surface area contributed by atoms with Crippen LogP contribution in [0.2, 0.25) is 0 Å². The van der Waals surface area contributed by atoms with Crippen LogP contribution in [0.25, 0.3) is 0 Å². The number of carbonyl (C=O) groups is 1. The standard InChI is InChI=1S/C22H43ClO2/c1-3-4-5-6-7-8-9-10-11-12-13-14-15-16-17-18-19-20-25-22(24)21(2)23/h21H,3-20H2,1-2H3. The zero-order valence-corrected chi connectivity index (χ0v) is 17.8. The van der Waals surface area contributed by atoms with Crippen LogP contribution in [-0.2, 0) is 9.53 Å². The first-order valence-electron chi connectivity index (χ1n) is 11.0. The fraction of sp³-hybridized carbons (Fsp3) is 0.955. The number of hydrogen-bond donors (Lipinski definition) is 0. The van der Waals surface area contributed by atoms with Crippen LogP contribution in [0.15, 0.2) is 0 Å². The highest BCUT2D eigenvalue weighted by molar-refractivity contribution is 6.29. The van der Waals surface area contributed by atoms with Gasteiger partial charge in [0.1, 0.15) is 5.38 Å². The van der Waals surface area contributed by atoms with Crippen molar-refractivity contribution in [2.45, 2.75) is 128 Å². The number of carbonyl (C=O) groups excluding carboxylic acids is 1. The SMILES string of the molecule is CCCCCCCCCCCCCCCCCCCOC(=O)C(C)Cl. The van der Waals surface area contributed by atoms with Gasteiger partial charge in [0.2, 0.25) is 0 Å². The number of unbranched alkanes of at least 4 members (excludes halogenated alkanes) is 16. The first-order valence-corrected chi connectivity index (χ1v) is 11.4.